The summed E-state index contributed by atoms with van der Waals surface area (Å²) >= 11 is 1.74. The molecule has 102 valence electrons. The standard InChI is InChI=1S/C15H20N2OS/c1-3-8-17-13(11-12-6-4-5-9-16-12)15-14(18-2)7-10-19-15/h4-7,9-10,13,17H,3,8,11H2,1-2H3. The van der Waals surface area contributed by atoms with Crippen LogP contribution in [0.5, 0.6) is 5.75 Å². The lowest BCUT2D eigenvalue weighted by molar-refractivity contribution is 0.402. The molecule has 0 aliphatic rings. The van der Waals surface area contributed by atoms with Crippen LogP contribution < -0.4 is 10.1 Å². The third-order valence-electron chi connectivity index (χ3n) is 2.97. The molecule has 0 radical (unpaired) electrons. The first-order valence-corrected chi connectivity index (χ1v) is 7.47. The van der Waals surface area contributed by atoms with Crippen molar-refractivity contribution in [1.82, 2.24) is 10.3 Å². The lowest BCUT2D eigenvalue weighted by atomic mass is 10.1. The van der Waals surface area contributed by atoms with Gasteiger partial charge in [0.05, 0.1) is 18.0 Å². The van der Waals surface area contributed by atoms with Crippen molar-refractivity contribution < 1.29 is 4.74 Å². The maximum Gasteiger partial charge on any atom is 0.134 e. The van der Waals surface area contributed by atoms with Crippen molar-refractivity contribution in [2.45, 2.75) is 25.8 Å². The Hall–Kier alpha value is -1.39. The minimum absolute atomic E-state index is 0.268. The van der Waals surface area contributed by atoms with Gasteiger partial charge in [-0.2, -0.15) is 0 Å². The summed E-state index contributed by atoms with van der Waals surface area (Å²) in [5.41, 5.74) is 1.10. The third-order valence-corrected chi connectivity index (χ3v) is 3.99. The molecule has 19 heavy (non-hydrogen) atoms. The van der Waals surface area contributed by atoms with Crippen molar-refractivity contribution in [2.24, 2.45) is 0 Å². The highest BCUT2D eigenvalue weighted by molar-refractivity contribution is 7.10. The molecule has 2 rings (SSSR count). The number of pyridine rings is 1. The smallest absolute Gasteiger partial charge is 0.134 e. The van der Waals surface area contributed by atoms with Gasteiger partial charge in [0.1, 0.15) is 5.75 Å². The van der Waals surface area contributed by atoms with E-state index in [4.69, 9.17) is 4.74 Å². The number of aromatic nitrogens is 1. The summed E-state index contributed by atoms with van der Waals surface area (Å²) in [7, 11) is 1.73. The second-order valence-electron chi connectivity index (χ2n) is 4.39. The largest absolute Gasteiger partial charge is 0.496 e. The predicted molar refractivity (Wildman–Crippen MR) is 79.8 cm³/mol. The molecule has 0 saturated carbocycles. The average molecular weight is 276 g/mol. The fraction of sp³-hybridized carbons (Fsp3) is 0.400. The van der Waals surface area contributed by atoms with Gasteiger partial charge in [-0.15, -0.1) is 11.3 Å². The molecule has 1 N–H and O–H groups in total. The summed E-state index contributed by atoms with van der Waals surface area (Å²) in [5, 5.41) is 5.66. The third kappa shape index (κ3) is 3.78. The number of thiophene rings is 1. The summed E-state index contributed by atoms with van der Waals surface area (Å²) in [6.45, 7) is 3.18. The Balaban J connectivity index is 2.16. The van der Waals surface area contributed by atoms with E-state index >= 15 is 0 Å². The van der Waals surface area contributed by atoms with E-state index in [1.54, 1.807) is 18.4 Å². The quantitative estimate of drug-likeness (QED) is 0.841. The second-order valence-corrected chi connectivity index (χ2v) is 5.33. The lowest BCUT2D eigenvalue weighted by Crippen LogP contribution is -2.24. The number of nitrogens with zero attached hydrogens (tertiary/aromatic N) is 1. The number of rotatable bonds is 7. The van der Waals surface area contributed by atoms with E-state index in [2.05, 4.69) is 28.7 Å². The summed E-state index contributed by atoms with van der Waals surface area (Å²) in [6.07, 6.45) is 3.85. The molecule has 0 spiro atoms. The van der Waals surface area contributed by atoms with E-state index in [-0.39, 0.29) is 6.04 Å². The molecule has 0 amide bonds. The Labute approximate surface area is 118 Å². The second kappa shape index (κ2) is 7.26. The van der Waals surface area contributed by atoms with E-state index in [1.807, 2.05) is 24.4 Å². The first-order valence-electron chi connectivity index (χ1n) is 6.59. The number of ether oxygens (including phenoxy) is 1. The lowest BCUT2D eigenvalue weighted by Gasteiger charge is -2.18. The Bertz CT molecular complexity index is 484. The van der Waals surface area contributed by atoms with Crippen LogP contribution in [-0.2, 0) is 6.42 Å². The zero-order valence-electron chi connectivity index (χ0n) is 11.4. The van der Waals surface area contributed by atoms with Gasteiger partial charge in [-0.1, -0.05) is 13.0 Å². The number of methoxy groups -OCH3 is 1. The highest BCUT2D eigenvalue weighted by Crippen LogP contribution is 2.32. The highest BCUT2D eigenvalue weighted by atomic mass is 32.1. The van der Waals surface area contributed by atoms with Crippen molar-refractivity contribution >= 4 is 11.3 Å². The maximum absolute atomic E-state index is 5.43. The molecule has 1 unspecified atom stereocenters. The van der Waals surface area contributed by atoms with Crippen LogP contribution in [0.3, 0.4) is 0 Å². The van der Waals surface area contributed by atoms with E-state index in [9.17, 15) is 0 Å². The summed E-state index contributed by atoms with van der Waals surface area (Å²) < 4.78 is 5.43. The zero-order valence-corrected chi connectivity index (χ0v) is 12.2. The first-order chi connectivity index (χ1) is 9.35. The number of nitrogens with one attached hydrogen (secondary N) is 1. The first kappa shape index (κ1) is 14.0. The van der Waals surface area contributed by atoms with Crippen LogP contribution in [0.1, 0.15) is 30.0 Å². The normalized spacial score (nSPS) is 12.3. The van der Waals surface area contributed by atoms with Gasteiger partial charge in [-0.05, 0) is 36.5 Å². The molecule has 0 fully saturated rings. The molecule has 2 aromatic heterocycles. The minimum atomic E-state index is 0.268. The van der Waals surface area contributed by atoms with E-state index in [1.165, 1.54) is 4.88 Å². The average Bonchev–Trinajstić information content (AvgIpc) is 2.93. The van der Waals surface area contributed by atoms with Gasteiger partial charge < -0.3 is 10.1 Å². The Kier molecular flexibility index (Phi) is 5.36. The van der Waals surface area contributed by atoms with Gasteiger partial charge >= 0.3 is 0 Å². The molecule has 4 heteroatoms. The van der Waals surface area contributed by atoms with Gasteiger partial charge in [0, 0.05) is 18.3 Å². The Morgan fingerprint density at radius 2 is 2.26 bits per heavy atom. The molecular formula is C15H20N2OS. The molecule has 1 atom stereocenters. The molecular weight excluding hydrogens is 256 g/mol. The fourth-order valence-corrected chi connectivity index (χ4v) is 2.97. The molecule has 2 aromatic rings. The topological polar surface area (TPSA) is 34.2 Å². The van der Waals surface area contributed by atoms with Crippen LogP contribution >= 0.6 is 11.3 Å². The molecule has 2 heterocycles. The van der Waals surface area contributed by atoms with Gasteiger partial charge in [-0.25, -0.2) is 0 Å². The summed E-state index contributed by atoms with van der Waals surface area (Å²) in [6, 6.07) is 8.35. The molecule has 0 bridgehead atoms. The van der Waals surface area contributed by atoms with Crippen LogP contribution in [0.25, 0.3) is 0 Å². The highest BCUT2D eigenvalue weighted by Gasteiger charge is 2.18. The van der Waals surface area contributed by atoms with Crippen molar-refractivity contribution in [3.63, 3.8) is 0 Å². The van der Waals surface area contributed by atoms with Crippen LogP contribution in [0.4, 0.5) is 0 Å². The molecule has 3 nitrogen and oxygen atoms in total. The van der Waals surface area contributed by atoms with Crippen LogP contribution in [0, 0.1) is 0 Å². The fourth-order valence-electron chi connectivity index (χ4n) is 2.04. The molecule has 0 aliphatic heterocycles. The van der Waals surface area contributed by atoms with Gasteiger partial charge in [-0.3, -0.25) is 4.98 Å². The van der Waals surface area contributed by atoms with E-state index in [0.717, 1.165) is 30.8 Å². The zero-order chi connectivity index (χ0) is 13.5. The number of hydrogen-bond acceptors (Lipinski definition) is 4. The maximum atomic E-state index is 5.43. The molecule has 0 aromatic carbocycles. The van der Waals surface area contributed by atoms with E-state index < -0.39 is 0 Å². The Morgan fingerprint density at radius 1 is 1.37 bits per heavy atom. The van der Waals surface area contributed by atoms with Crippen LogP contribution in [0.2, 0.25) is 0 Å². The van der Waals surface area contributed by atoms with E-state index in [0.29, 0.717) is 0 Å². The molecule has 0 saturated heterocycles. The molecule has 0 aliphatic carbocycles. The minimum Gasteiger partial charge on any atom is -0.496 e. The number of hydrogen-bond donors (Lipinski definition) is 1. The van der Waals surface area contributed by atoms with Gasteiger partial charge in [0.2, 0.25) is 0 Å². The predicted octanol–water partition coefficient (Wildman–Crippen LogP) is 3.44. The van der Waals surface area contributed by atoms with Gasteiger partial charge in [0.25, 0.3) is 0 Å². The van der Waals surface area contributed by atoms with Crippen LogP contribution in [0.15, 0.2) is 35.8 Å². The SMILES string of the molecule is CCCNC(Cc1ccccn1)c1sccc1OC. The van der Waals surface area contributed by atoms with Gasteiger partial charge in [0.15, 0.2) is 0 Å². The summed E-state index contributed by atoms with van der Waals surface area (Å²) in [4.78, 5) is 5.67. The van der Waals surface area contributed by atoms with Crippen molar-refractivity contribution in [3.05, 3.63) is 46.4 Å². The van der Waals surface area contributed by atoms with Crippen molar-refractivity contribution in [2.75, 3.05) is 13.7 Å². The summed E-state index contributed by atoms with van der Waals surface area (Å²) in [5.74, 6) is 0.967. The van der Waals surface area contributed by atoms with Crippen molar-refractivity contribution in [3.8, 4) is 5.75 Å². The van der Waals surface area contributed by atoms with Crippen LogP contribution in [-0.4, -0.2) is 18.6 Å². The monoisotopic (exact) mass is 276 g/mol. The Morgan fingerprint density at radius 3 is 2.95 bits per heavy atom. The van der Waals surface area contributed by atoms with Crippen molar-refractivity contribution in [1.29, 1.82) is 0 Å².